The molecule has 12 heteroatoms. The van der Waals surface area contributed by atoms with Crippen molar-refractivity contribution in [3.8, 4) is 11.3 Å². The van der Waals surface area contributed by atoms with Gasteiger partial charge in [-0.2, -0.15) is 0 Å². The average Bonchev–Trinajstić information content (AvgIpc) is 3.44. The van der Waals surface area contributed by atoms with E-state index in [1.54, 1.807) is 12.1 Å². The summed E-state index contributed by atoms with van der Waals surface area (Å²) in [6.07, 6.45) is 7.91. The van der Waals surface area contributed by atoms with Gasteiger partial charge in [0, 0.05) is 56.5 Å². The molecule has 10 nitrogen and oxygen atoms in total. The highest BCUT2D eigenvalue weighted by Crippen LogP contribution is 2.38. The average molecular weight is 678 g/mol. The maximum atomic E-state index is 13.9. The highest BCUT2D eigenvalue weighted by molar-refractivity contribution is 6.76. The van der Waals surface area contributed by atoms with Crippen LogP contribution in [0.2, 0.25) is 30.7 Å². The predicted molar refractivity (Wildman–Crippen MR) is 187 cm³/mol. The third-order valence-corrected chi connectivity index (χ3v) is 10.5. The van der Waals surface area contributed by atoms with Gasteiger partial charge in [0.15, 0.2) is 0 Å². The lowest BCUT2D eigenvalue weighted by Crippen LogP contribution is -2.41. The van der Waals surface area contributed by atoms with E-state index in [9.17, 15) is 14.4 Å². The van der Waals surface area contributed by atoms with Crippen molar-refractivity contribution in [1.82, 2.24) is 14.5 Å². The molecule has 0 radical (unpaired) electrons. The first-order chi connectivity index (χ1) is 22.5. The lowest BCUT2D eigenvalue weighted by molar-refractivity contribution is -0.137. The Morgan fingerprint density at radius 1 is 1.15 bits per heavy atom. The highest BCUT2D eigenvalue weighted by Gasteiger charge is 2.34. The number of halogens is 1. The minimum atomic E-state index is -1.31. The Morgan fingerprint density at radius 2 is 1.98 bits per heavy atom. The Labute approximate surface area is 282 Å². The Balaban J connectivity index is 1.52. The molecule has 3 aromatic rings. The number of aromatic nitrogens is 2. The minimum absolute atomic E-state index is 0.0652. The summed E-state index contributed by atoms with van der Waals surface area (Å²) in [5, 5.41) is 6.35. The first-order valence-corrected chi connectivity index (χ1v) is 20.2. The van der Waals surface area contributed by atoms with Gasteiger partial charge < -0.3 is 24.3 Å². The van der Waals surface area contributed by atoms with Gasteiger partial charge in [-0.25, -0.2) is 9.78 Å². The molecule has 0 aliphatic carbocycles. The number of piperidine rings is 1. The fourth-order valence-electron chi connectivity index (χ4n) is 5.95. The van der Waals surface area contributed by atoms with Crippen molar-refractivity contribution in [3.05, 3.63) is 77.2 Å². The lowest BCUT2D eigenvalue weighted by Gasteiger charge is -2.37. The van der Waals surface area contributed by atoms with E-state index in [0.29, 0.717) is 60.1 Å². The third kappa shape index (κ3) is 9.12. The molecule has 2 bridgehead atoms. The second-order valence-electron chi connectivity index (χ2n) is 13.3. The molecule has 2 aromatic carbocycles. The van der Waals surface area contributed by atoms with E-state index in [1.165, 1.54) is 7.11 Å². The summed E-state index contributed by atoms with van der Waals surface area (Å²) in [6.45, 7) is 8.44. The Hall–Kier alpha value is -3.93. The number of amides is 3. The topological polar surface area (TPSA) is 115 Å². The fraction of sp³-hybridized carbons (Fsp3) is 0.429. The Bertz CT molecular complexity index is 1630. The molecule has 0 spiro atoms. The molecular formula is C35H44ClN5O5Si. The van der Waals surface area contributed by atoms with E-state index in [2.05, 4.69) is 30.3 Å². The van der Waals surface area contributed by atoms with Crippen LogP contribution in [0.3, 0.4) is 0 Å². The molecule has 1 unspecified atom stereocenters. The van der Waals surface area contributed by atoms with Crippen LogP contribution in [0.15, 0.2) is 60.8 Å². The molecule has 3 amide bonds. The number of rotatable bonds is 8. The summed E-state index contributed by atoms with van der Waals surface area (Å²) in [6, 6.07) is 13.7. The highest BCUT2D eigenvalue weighted by atomic mass is 35.5. The van der Waals surface area contributed by atoms with Crippen LogP contribution < -0.4 is 10.6 Å². The van der Waals surface area contributed by atoms with Crippen LogP contribution in [0.4, 0.5) is 16.2 Å². The van der Waals surface area contributed by atoms with Crippen molar-refractivity contribution < 1.29 is 23.9 Å². The smallest absolute Gasteiger partial charge is 0.411 e. The van der Waals surface area contributed by atoms with Gasteiger partial charge in [0.1, 0.15) is 12.6 Å². The van der Waals surface area contributed by atoms with Gasteiger partial charge in [0.25, 0.3) is 0 Å². The molecule has 2 atom stereocenters. The van der Waals surface area contributed by atoms with E-state index in [1.807, 2.05) is 58.1 Å². The van der Waals surface area contributed by atoms with Crippen molar-refractivity contribution in [2.24, 2.45) is 0 Å². The second-order valence-corrected chi connectivity index (χ2v) is 19.4. The van der Waals surface area contributed by atoms with E-state index >= 15 is 0 Å². The van der Waals surface area contributed by atoms with E-state index < -0.39 is 14.2 Å². The van der Waals surface area contributed by atoms with Crippen LogP contribution in [0.1, 0.15) is 55.5 Å². The first-order valence-electron chi connectivity index (χ1n) is 16.1. The molecule has 250 valence electrons. The number of methoxy groups -OCH3 is 1. The van der Waals surface area contributed by atoms with Crippen LogP contribution in [0, 0.1) is 0 Å². The summed E-state index contributed by atoms with van der Waals surface area (Å²) in [4.78, 5) is 45.9. The summed E-state index contributed by atoms with van der Waals surface area (Å²) < 4.78 is 13.0. The number of benzene rings is 2. The number of ether oxygens (including phenoxy) is 2. The zero-order valence-electron chi connectivity index (χ0n) is 27.6. The number of imidazole rings is 1. The molecule has 5 rings (SSSR count). The minimum Gasteiger partial charge on any atom is -0.453 e. The van der Waals surface area contributed by atoms with Crippen LogP contribution in [0.5, 0.6) is 0 Å². The molecule has 2 aliphatic heterocycles. The maximum absolute atomic E-state index is 13.9. The number of fused-ring (bicyclic) bond motifs is 4. The largest absolute Gasteiger partial charge is 0.453 e. The zero-order chi connectivity index (χ0) is 33.6. The van der Waals surface area contributed by atoms with E-state index in [4.69, 9.17) is 26.1 Å². The molecule has 3 heterocycles. The number of anilines is 2. The van der Waals surface area contributed by atoms with Gasteiger partial charge in [-0.05, 0) is 67.1 Å². The number of hydrogen-bond acceptors (Lipinski definition) is 6. The van der Waals surface area contributed by atoms with Gasteiger partial charge in [-0.15, -0.1) is 0 Å². The standard InChI is InChI=1S/C35H44ClN5O5Si/c1-45-35(44)37-27-13-14-28-29(21-27)38-32(42)12-7-5-6-11-31(34-39-30(28)22-40(34)23-46-17-18-47(2,3)4)41-16-15-25(20-33(41)43)24-9-8-10-26(36)19-24/h5-6,8-10,13-14,19,21-22,25,31H,7,11-12,15-18,20,23H2,1-4H3,(H,37,44)(H,38,42)/t25?,31-/m0/s1. The van der Waals surface area contributed by atoms with Crippen molar-refractivity contribution >= 4 is 49.0 Å². The summed E-state index contributed by atoms with van der Waals surface area (Å²) in [5.74, 6) is 0.727. The quantitative estimate of drug-likeness (QED) is 0.143. The monoisotopic (exact) mass is 677 g/mol. The van der Waals surface area contributed by atoms with Gasteiger partial charge in [-0.3, -0.25) is 14.9 Å². The number of carbonyl (C=O) groups excluding carboxylic acids is 3. The van der Waals surface area contributed by atoms with Crippen molar-refractivity contribution in [3.63, 3.8) is 0 Å². The lowest BCUT2D eigenvalue weighted by atomic mass is 9.88. The SMILES string of the molecule is COC(=O)Nc1ccc2c(c1)NC(=O)CCC=CC[C@H](N1CCC(c3cccc(Cl)c3)CC1=O)c1nc-2cn1COCC[Si](C)(C)C. The number of nitrogens with zero attached hydrogens (tertiary/aromatic N) is 3. The molecule has 1 saturated heterocycles. The summed E-state index contributed by atoms with van der Waals surface area (Å²) in [5.41, 5.74) is 3.38. The Kier molecular flexibility index (Phi) is 11.2. The van der Waals surface area contributed by atoms with Gasteiger partial charge in [0.2, 0.25) is 11.8 Å². The Morgan fingerprint density at radius 3 is 2.72 bits per heavy atom. The first kappa shape index (κ1) is 34.4. The van der Waals surface area contributed by atoms with E-state index in [0.717, 1.165) is 23.9 Å². The third-order valence-electron chi connectivity index (χ3n) is 8.55. The molecular weight excluding hydrogens is 634 g/mol. The summed E-state index contributed by atoms with van der Waals surface area (Å²) in [7, 11) is -0.0122. The molecule has 47 heavy (non-hydrogen) atoms. The van der Waals surface area contributed by atoms with Crippen LogP contribution in [0.25, 0.3) is 11.3 Å². The predicted octanol–water partition coefficient (Wildman–Crippen LogP) is 7.82. The van der Waals surface area contributed by atoms with E-state index in [-0.39, 0.29) is 36.9 Å². The molecule has 0 saturated carbocycles. The van der Waals surface area contributed by atoms with Gasteiger partial charge >= 0.3 is 6.09 Å². The number of carbonyl (C=O) groups is 3. The number of nitrogens with one attached hydrogen (secondary N) is 2. The van der Waals surface area contributed by atoms with Crippen LogP contribution in [-0.4, -0.2) is 60.7 Å². The number of likely N-dealkylation sites (tertiary alicyclic amines) is 1. The normalized spacial score (nSPS) is 18.8. The molecule has 1 aromatic heterocycles. The molecule has 2 N–H and O–H groups in total. The second kappa shape index (κ2) is 15.3. The number of hydrogen-bond donors (Lipinski definition) is 2. The molecule has 1 fully saturated rings. The van der Waals surface area contributed by atoms with Crippen molar-refractivity contribution in [2.75, 3.05) is 30.9 Å². The van der Waals surface area contributed by atoms with Crippen LogP contribution in [-0.2, 0) is 25.8 Å². The summed E-state index contributed by atoms with van der Waals surface area (Å²) >= 11 is 6.28. The fourth-order valence-corrected chi connectivity index (χ4v) is 6.91. The number of allylic oxidation sites excluding steroid dienone is 1. The zero-order valence-corrected chi connectivity index (χ0v) is 29.3. The maximum Gasteiger partial charge on any atom is 0.411 e. The van der Waals surface area contributed by atoms with Gasteiger partial charge in [0.05, 0.1) is 24.5 Å². The van der Waals surface area contributed by atoms with Crippen molar-refractivity contribution in [1.29, 1.82) is 0 Å². The molecule has 2 aliphatic rings. The van der Waals surface area contributed by atoms with Crippen molar-refractivity contribution in [2.45, 2.75) is 76.5 Å². The van der Waals surface area contributed by atoms with Crippen LogP contribution >= 0.6 is 11.6 Å². The van der Waals surface area contributed by atoms with Gasteiger partial charge in [-0.1, -0.05) is 55.5 Å².